The number of hydrogen-bond donors (Lipinski definition) is 2. The van der Waals surface area contributed by atoms with Gasteiger partial charge in [-0.1, -0.05) is 6.07 Å². The van der Waals surface area contributed by atoms with Gasteiger partial charge in [0.15, 0.2) is 0 Å². The summed E-state index contributed by atoms with van der Waals surface area (Å²) in [5.41, 5.74) is 2.57. The van der Waals surface area contributed by atoms with Crippen LogP contribution >= 0.6 is 15.9 Å². The third kappa shape index (κ3) is 3.54. The molecule has 0 radical (unpaired) electrons. The van der Waals surface area contributed by atoms with E-state index in [0.29, 0.717) is 5.92 Å². The van der Waals surface area contributed by atoms with E-state index in [4.69, 9.17) is 0 Å². The van der Waals surface area contributed by atoms with E-state index in [1.165, 1.54) is 24.1 Å². The molecule has 0 saturated heterocycles. The fraction of sp³-hybridized carbons (Fsp3) is 0.625. The molecule has 0 aliphatic heterocycles. The van der Waals surface area contributed by atoms with Crippen LogP contribution in [-0.2, 0) is 6.54 Å². The minimum absolute atomic E-state index is 0.0623. The van der Waals surface area contributed by atoms with Crippen LogP contribution in [0.5, 0.6) is 0 Å². The fourth-order valence-electron chi connectivity index (χ4n) is 2.85. The van der Waals surface area contributed by atoms with Gasteiger partial charge >= 0.3 is 0 Å². The molecule has 0 aromatic heterocycles. The highest BCUT2D eigenvalue weighted by Gasteiger charge is 2.28. The van der Waals surface area contributed by atoms with Gasteiger partial charge in [-0.2, -0.15) is 0 Å². The number of nitrogens with zero attached hydrogens (tertiary/aromatic N) is 1. The van der Waals surface area contributed by atoms with E-state index in [9.17, 15) is 5.11 Å². The average Bonchev–Trinajstić information content (AvgIpc) is 3.18. The maximum atomic E-state index is 9.37. The number of hydrogen-bond acceptors (Lipinski definition) is 3. The van der Waals surface area contributed by atoms with Gasteiger partial charge in [0.1, 0.15) is 0 Å². The first-order chi connectivity index (χ1) is 9.61. The Bertz CT molecular complexity index is 470. The van der Waals surface area contributed by atoms with Gasteiger partial charge in [-0.3, -0.25) is 0 Å². The molecular weight excluding hydrogens is 316 g/mol. The normalized spacial score (nSPS) is 25.4. The average molecular weight is 339 g/mol. The molecule has 3 nitrogen and oxygen atoms in total. The lowest BCUT2D eigenvalue weighted by Crippen LogP contribution is -2.37. The Hall–Kier alpha value is -0.580. The van der Waals surface area contributed by atoms with E-state index >= 15 is 0 Å². The number of rotatable bonds is 6. The van der Waals surface area contributed by atoms with Crippen LogP contribution < -0.4 is 10.2 Å². The Balaban J connectivity index is 1.57. The van der Waals surface area contributed by atoms with Crippen molar-refractivity contribution in [2.75, 3.05) is 18.5 Å². The molecular formula is C16H23BrN2O. The van der Waals surface area contributed by atoms with Crippen molar-refractivity contribution in [1.29, 1.82) is 0 Å². The van der Waals surface area contributed by atoms with E-state index in [1.54, 1.807) is 0 Å². The van der Waals surface area contributed by atoms with Crippen molar-refractivity contribution >= 4 is 21.6 Å². The molecule has 2 aliphatic carbocycles. The quantitative estimate of drug-likeness (QED) is 0.837. The van der Waals surface area contributed by atoms with E-state index < -0.39 is 0 Å². The van der Waals surface area contributed by atoms with Crippen molar-refractivity contribution in [2.45, 2.75) is 44.4 Å². The van der Waals surface area contributed by atoms with Crippen LogP contribution in [0.25, 0.3) is 0 Å². The summed E-state index contributed by atoms with van der Waals surface area (Å²) < 4.78 is 1.16. The highest BCUT2D eigenvalue weighted by Crippen LogP contribution is 2.32. The number of anilines is 1. The van der Waals surface area contributed by atoms with Crippen LogP contribution in [0.3, 0.4) is 0 Å². The molecule has 0 spiro atoms. The second-order valence-electron chi connectivity index (χ2n) is 6.31. The second kappa shape index (κ2) is 6.04. The van der Waals surface area contributed by atoms with Crippen LogP contribution in [0.4, 0.5) is 5.69 Å². The molecule has 4 heteroatoms. The summed E-state index contributed by atoms with van der Waals surface area (Å²) in [6.07, 6.45) is 4.49. The van der Waals surface area contributed by atoms with E-state index in [-0.39, 0.29) is 6.10 Å². The molecule has 1 aromatic carbocycles. The zero-order valence-corrected chi connectivity index (χ0v) is 13.6. The number of nitrogens with one attached hydrogen (secondary N) is 1. The number of aliphatic hydroxyl groups is 1. The van der Waals surface area contributed by atoms with E-state index in [1.807, 2.05) is 0 Å². The molecule has 0 atom stereocenters. The zero-order chi connectivity index (χ0) is 14.1. The standard InChI is InChI=1S/C16H23BrN2O/c1-19(10-12-6-14(20)7-12)16-5-2-11(8-15(16)17)9-18-13-3-4-13/h2,5,8,12-14,18,20H,3-4,6-7,9-10H2,1H3. The van der Waals surface area contributed by atoms with Crippen LogP contribution in [0, 0.1) is 5.92 Å². The predicted octanol–water partition coefficient (Wildman–Crippen LogP) is 2.91. The van der Waals surface area contributed by atoms with E-state index in [2.05, 4.69) is 51.4 Å². The lowest BCUT2D eigenvalue weighted by Gasteiger charge is -2.35. The first-order valence-corrected chi connectivity index (χ1v) is 8.32. The molecule has 0 unspecified atom stereocenters. The molecule has 0 heterocycles. The predicted molar refractivity (Wildman–Crippen MR) is 86.0 cm³/mol. The minimum Gasteiger partial charge on any atom is -0.393 e. The Morgan fingerprint density at radius 3 is 2.70 bits per heavy atom. The summed E-state index contributed by atoms with van der Waals surface area (Å²) in [5.74, 6) is 0.637. The smallest absolute Gasteiger partial charge is 0.0546 e. The van der Waals surface area contributed by atoms with Gasteiger partial charge in [0.2, 0.25) is 0 Å². The molecule has 2 fully saturated rings. The number of halogens is 1. The SMILES string of the molecule is CN(CC1CC(O)C1)c1ccc(CNC2CC2)cc1Br. The minimum atomic E-state index is -0.0623. The maximum absolute atomic E-state index is 9.37. The summed E-state index contributed by atoms with van der Waals surface area (Å²) in [5, 5.41) is 12.9. The van der Waals surface area contributed by atoms with Crippen molar-refractivity contribution in [1.82, 2.24) is 5.32 Å². The third-order valence-corrected chi connectivity index (χ3v) is 4.97. The van der Waals surface area contributed by atoms with Crippen molar-refractivity contribution in [3.05, 3.63) is 28.2 Å². The first-order valence-electron chi connectivity index (χ1n) is 7.53. The Labute approximate surface area is 129 Å². The van der Waals surface area contributed by atoms with Gasteiger partial charge in [-0.15, -0.1) is 0 Å². The highest BCUT2D eigenvalue weighted by molar-refractivity contribution is 9.10. The van der Waals surface area contributed by atoms with Crippen LogP contribution in [0.2, 0.25) is 0 Å². The van der Waals surface area contributed by atoms with Gasteiger partial charge in [-0.05, 0) is 65.2 Å². The Morgan fingerprint density at radius 2 is 2.10 bits per heavy atom. The highest BCUT2D eigenvalue weighted by atomic mass is 79.9. The summed E-state index contributed by atoms with van der Waals surface area (Å²) in [6, 6.07) is 7.38. The summed E-state index contributed by atoms with van der Waals surface area (Å²) in [4.78, 5) is 2.29. The molecule has 3 rings (SSSR count). The van der Waals surface area contributed by atoms with Gasteiger partial charge in [-0.25, -0.2) is 0 Å². The lowest BCUT2D eigenvalue weighted by molar-refractivity contribution is 0.0465. The molecule has 2 aliphatic rings. The van der Waals surface area contributed by atoms with Gasteiger partial charge in [0.25, 0.3) is 0 Å². The third-order valence-electron chi connectivity index (χ3n) is 4.34. The number of aliphatic hydroxyl groups excluding tert-OH is 1. The van der Waals surface area contributed by atoms with Crippen molar-refractivity contribution in [3.63, 3.8) is 0 Å². The number of benzene rings is 1. The maximum Gasteiger partial charge on any atom is 0.0546 e. The summed E-state index contributed by atoms with van der Waals surface area (Å²) in [7, 11) is 2.13. The largest absolute Gasteiger partial charge is 0.393 e. The summed E-state index contributed by atoms with van der Waals surface area (Å²) >= 11 is 3.69. The molecule has 0 amide bonds. The van der Waals surface area contributed by atoms with Crippen molar-refractivity contribution in [2.24, 2.45) is 5.92 Å². The first kappa shape index (κ1) is 14.4. The monoisotopic (exact) mass is 338 g/mol. The van der Waals surface area contributed by atoms with Crippen molar-refractivity contribution in [3.8, 4) is 0 Å². The fourth-order valence-corrected chi connectivity index (χ4v) is 3.58. The summed E-state index contributed by atoms with van der Waals surface area (Å²) in [6.45, 7) is 1.98. The van der Waals surface area contributed by atoms with Crippen molar-refractivity contribution < 1.29 is 5.11 Å². The molecule has 0 bridgehead atoms. The molecule has 20 heavy (non-hydrogen) atoms. The Morgan fingerprint density at radius 1 is 1.35 bits per heavy atom. The second-order valence-corrected chi connectivity index (χ2v) is 7.17. The lowest BCUT2D eigenvalue weighted by atomic mass is 9.82. The molecule has 1 aromatic rings. The molecule has 2 saturated carbocycles. The zero-order valence-electron chi connectivity index (χ0n) is 12.0. The van der Waals surface area contributed by atoms with Gasteiger partial charge in [0, 0.05) is 30.7 Å². The molecule has 2 N–H and O–H groups in total. The Kier molecular flexibility index (Phi) is 4.34. The van der Waals surface area contributed by atoms with Crippen LogP contribution in [-0.4, -0.2) is 30.8 Å². The molecule has 110 valence electrons. The van der Waals surface area contributed by atoms with Crippen LogP contribution in [0.1, 0.15) is 31.2 Å². The van der Waals surface area contributed by atoms with Gasteiger partial charge in [0.05, 0.1) is 11.8 Å². The van der Waals surface area contributed by atoms with Crippen LogP contribution in [0.15, 0.2) is 22.7 Å². The topological polar surface area (TPSA) is 35.5 Å². The van der Waals surface area contributed by atoms with E-state index in [0.717, 1.165) is 36.4 Å². The van der Waals surface area contributed by atoms with Gasteiger partial charge < -0.3 is 15.3 Å².